The van der Waals surface area contributed by atoms with Crippen molar-refractivity contribution in [2.75, 3.05) is 36.5 Å². The molecule has 172 valence electrons. The van der Waals surface area contributed by atoms with Crippen molar-refractivity contribution in [2.24, 2.45) is 0 Å². The third kappa shape index (κ3) is 4.67. The first-order valence-electron chi connectivity index (χ1n) is 11.4. The lowest BCUT2D eigenvalue weighted by molar-refractivity contribution is 0.100. The first-order valence-corrected chi connectivity index (χ1v) is 11.4. The van der Waals surface area contributed by atoms with Crippen LogP contribution in [0, 0.1) is 6.92 Å². The Morgan fingerprint density at radius 1 is 0.941 bits per heavy atom. The van der Waals surface area contributed by atoms with Crippen molar-refractivity contribution in [3.05, 3.63) is 96.3 Å². The first-order chi connectivity index (χ1) is 16.7. The number of piperazine rings is 1. The van der Waals surface area contributed by atoms with Gasteiger partial charge in [0.15, 0.2) is 0 Å². The number of benzene rings is 1. The van der Waals surface area contributed by atoms with E-state index in [1.165, 1.54) is 18.0 Å². The van der Waals surface area contributed by atoms with Gasteiger partial charge in [-0.3, -0.25) is 24.8 Å². The second-order valence-corrected chi connectivity index (χ2v) is 8.34. The van der Waals surface area contributed by atoms with Gasteiger partial charge in [-0.2, -0.15) is 0 Å². The van der Waals surface area contributed by atoms with Crippen LogP contribution in [0.15, 0.2) is 79.4 Å². The minimum Gasteiger partial charge on any atom is -0.354 e. The summed E-state index contributed by atoms with van der Waals surface area (Å²) in [6, 6.07) is 18.4. The predicted octanol–water partition coefficient (Wildman–Crippen LogP) is 3.35. The summed E-state index contributed by atoms with van der Waals surface area (Å²) in [7, 11) is 0. The van der Waals surface area contributed by atoms with E-state index in [-0.39, 0.29) is 11.6 Å². The summed E-state index contributed by atoms with van der Waals surface area (Å²) in [5.74, 6) is 0.736. The highest BCUT2D eigenvalue weighted by Crippen LogP contribution is 2.28. The van der Waals surface area contributed by atoms with Crippen LogP contribution in [0.3, 0.4) is 0 Å². The lowest BCUT2D eigenvalue weighted by Crippen LogP contribution is -2.46. The molecular weight excluding hydrogens is 426 g/mol. The van der Waals surface area contributed by atoms with Gasteiger partial charge in [0.05, 0.1) is 11.9 Å². The van der Waals surface area contributed by atoms with Crippen molar-refractivity contribution in [3.63, 3.8) is 0 Å². The van der Waals surface area contributed by atoms with Crippen molar-refractivity contribution < 1.29 is 4.79 Å². The fourth-order valence-electron chi connectivity index (χ4n) is 4.37. The Hall–Kier alpha value is -4.04. The quantitative estimate of drug-likeness (QED) is 0.482. The normalized spacial score (nSPS) is 14.2. The molecule has 0 atom stereocenters. The first kappa shape index (κ1) is 21.8. The summed E-state index contributed by atoms with van der Waals surface area (Å²) < 4.78 is 1.87. The number of carbonyl (C=O) groups excluding carboxylic acids is 1. The average Bonchev–Trinajstić information content (AvgIpc) is 3.20. The second-order valence-electron chi connectivity index (χ2n) is 8.34. The smallest absolute Gasteiger partial charge is 0.290 e. The maximum absolute atomic E-state index is 12.9. The Kier molecular flexibility index (Phi) is 6.31. The number of rotatable bonds is 6. The van der Waals surface area contributed by atoms with E-state index in [2.05, 4.69) is 54.4 Å². The van der Waals surface area contributed by atoms with Gasteiger partial charge in [-0.15, -0.1) is 0 Å². The van der Waals surface area contributed by atoms with Crippen LogP contribution in [0.2, 0.25) is 0 Å². The molecule has 1 fully saturated rings. The van der Waals surface area contributed by atoms with Gasteiger partial charge in [-0.25, -0.2) is 9.97 Å². The van der Waals surface area contributed by atoms with Crippen molar-refractivity contribution in [1.29, 1.82) is 0 Å². The minimum absolute atomic E-state index is 0.279. The van der Waals surface area contributed by atoms with Crippen LogP contribution < -0.4 is 10.3 Å². The monoisotopic (exact) mass is 453 g/mol. The fourth-order valence-corrected chi connectivity index (χ4v) is 4.37. The second kappa shape index (κ2) is 9.84. The van der Waals surface area contributed by atoms with Gasteiger partial charge in [0.1, 0.15) is 11.5 Å². The van der Waals surface area contributed by atoms with E-state index in [1.54, 1.807) is 6.20 Å². The van der Waals surface area contributed by atoms with Gasteiger partial charge in [0.2, 0.25) is 0 Å². The van der Waals surface area contributed by atoms with Gasteiger partial charge in [-0.1, -0.05) is 36.4 Å². The number of hydrogen-bond donors (Lipinski definition) is 1. The molecule has 0 aliphatic carbocycles. The molecule has 1 aliphatic rings. The highest BCUT2D eigenvalue weighted by molar-refractivity contribution is 5.98. The van der Waals surface area contributed by atoms with E-state index in [9.17, 15) is 4.79 Å². The maximum Gasteiger partial charge on any atom is 0.290 e. The fraction of sp³-hybridized carbons (Fsp3) is 0.231. The van der Waals surface area contributed by atoms with Crippen LogP contribution in [0.25, 0.3) is 11.3 Å². The molecule has 0 spiro atoms. The van der Waals surface area contributed by atoms with E-state index in [0.717, 1.165) is 55.5 Å². The number of amides is 1. The van der Waals surface area contributed by atoms with Crippen molar-refractivity contribution >= 4 is 11.7 Å². The molecule has 8 nitrogen and oxygen atoms in total. The lowest BCUT2D eigenvalue weighted by Gasteiger charge is -2.35. The Morgan fingerprint density at radius 3 is 2.44 bits per heavy atom. The Morgan fingerprint density at radius 2 is 1.74 bits per heavy atom. The molecule has 1 aliphatic heterocycles. The SMILES string of the molecule is Cc1cc(CN2CCN(c3ccccn3)CC2)c(-c2ccccc2)n1NC(=O)c1cnccn1. The van der Waals surface area contributed by atoms with E-state index in [0.29, 0.717) is 0 Å². The van der Waals surface area contributed by atoms with Gasteiger partial charge >= 0.3 is 0 Å². The largest absolute Gasteiger partial charge is 0.354 e. The van der Waals surface area contributed by atoms with E-state index in [1.807, 2.05) is 48.1 Å². The van der Waals surface area contributed by atoms with Crippen LogP contribution in [0.1, 0.15) is 21.7 Å². The van der Waals surface area contributed by atoms with E-state index >= 15 is 0 Å². The number of aryl methyl sites for hydroxylation is 1. The minimum atomic E-state index is -0.292. The predicted molar refractivity (Wildman–Crippen MR) is 132 cm³/mol. The van der Waals surface area contributed by atoms with Crippen molar-refractivity contribution in [3.8, 4) is 11.3 Å². The number of aromatic nitrogens is 4. The number of carbonyl (C=O) groups is 1. The molecule has 0 radical (unpaired) electrons. The van der Waals surface area contributed by atoms with Gasteiger partial charge < -0.3 is 4.90 Å². The zero-order chi connectivity index (χ0) is 23.3. The summed E-state index contributed by atoms with van der Waals surface area (Å²) in [6.45, 7) is 6.56. The number of nitrogens with zero attached hydrogens (tertiary/aromatic N) is 6. The molecular formula is C26H27N7O. The number of nitrogens with one attached hydrogen (secondary N) is 1. The van der Waals surface area contributed by atoms with Crippen LogP contribution >= 0.6 is 0 Å². The summed E-state index contributed by atoms with van der Waals surface area (Å²) in [6.07, 6.45) is 6.39. The van der Waals surface area contributed by atoms with Gasteiger partial charge in [-0.05, 0) is 30.7 Å². The van der Waals surface area contributed by atoms with Crippen LogP contribution in [-0.4, -0.2) is 56.6 Å². The van der Waals surface area contributed by atoms with Crippen molar-refractivity contribution in [1.82, 2.24) is 24.5 Å². The Balaban J connectivity index is 1.38. The highest BCUT2D eigenvalue weighted by Gasteiger charge is 2.22. The lowest BCUT2D eigenvalue weighted by atomic mass is 10.1. The van der Waals surface area contributed by atoms with Crippen LogP contribution in [0.5, 0.6) is 0 Å². The molecule has 5 rings (SSSR count). The zero-order valence-corrected chi connectivity index (χ0v) is 19.1. The molecule has 4 aromatic rings. The summed E-state index contributed by atoms with van der Waals surface area (Å²) in [4.78, 5) is 30.3. The topological polar surface area (TPSA) is 79.2 Å². The van der Waals surface area contributed by atoms with Crippen LogP contribution in [0.4, 0.5) is 5.82 Å². The van der Waals surface area contributed by atoms with E-state index in [4.69, 9.17) is 0 Å². The number of hydrogen-bond acceptors (Lipinski definition) is 6. The third-order valence-electron chi connectivity index (χ3n) is 6.06. The molecule has 3 aromatic heterocycles. The molecule has 34 heavy (non-hydrogen) atoms. The summed E-state index contributed by atoms with van der Waals surface area (Å²) in [5.41, 5.74) is 7.47. The van der Waals surface area contributed by atoms with E-state index < -0.39 is 0 Å². The maximum atomic E-state index is 12.9. The molecule has 0 bridgehead atoms. The molecule has 1 N–H and O–H groups in total. The molecule has 8 heteroatoms. The standard InChI is InChI=1S/C26H27N7O/c1-20-17-22(19-31-13-15-32(16-14-31)24-9-5-6-10-29-24)25(21-7-3-2-4-8-21)33(20)30-26(34)23-18-27-11-12-28-23/h2-12,17-18H,13-16,19H2,1H3,(H,30,34). The Bertz CT molecular complexity index is 1230. The van der Waals surface area contributed by atoms with Crippen LogP contribution in [-0.2, 0) is 6.54 Å². The third-order valence-corrected chi connectivity index (χ3v) is 6.06. The zero-order valence-electron chi connectivity index (χ0n) is 19.1. The molecule has 1 aromatic carbocycles. The molecule has 0 saturated carbocycles. The summed E-state index contributed by atoms with van der Waals surface area (Å²) in [5, 5.41) is 0. The molecule has 1 amide bonds. The molecule has 4 heterocycles. The van der Waals surface area contributed by atoms with Crippen molar-refractivity contribution in [2.45, 2.75) is 13.5 Å². The highest BCUT2D eigenvalue weighted by atomic mass is 16.2. The average molecular weight is 454 g/mol. The number of anilines is 1. The molecule has 1 saturated heterocycles. The molecule has 0 unspecified atom stereocenters. The van der Waals surface area contributed by atoms with Gasteiger partial charge in [0.25, 0.3) is 5.91 Å². The summed E-state index contributed by atoms with van der Waals surface area (Å²) >= 11 is 0. The number of pyridine rings is 1. The van der Waals surface area contributed by atoms with Gasteiger partial charge in [0, 0.05) is 62.6 Å². The Labute approximate surface area is 198 Å².